The Morgan fingerprint density at radius 1 is 1.33 bits per heavy atom. The first kappa shape index (κ1) is 11.5. The van der Waals surface area contributed by atoms with Gasteiger partial charge in [-0.1, -0.05) is 12.1 Å². The summed E-state index contributed by atoms with van der Waals surface area (Å²) in [6.45, 7) is 0. The van der Waals surface area contributed by atoms with Crippen molar-refractivity contribution in [1.29, 1.82) is 0 Å². The fraction of sp³-hybridized carbons (Fsp3) is 0.364. The van der Waals surface area contributed by atoms with Gasteiger partial charge < -0.3 is 9.84 Å². The van der Waals surface area contributed by atoms with Crippen LogP contribution < -0.4 is 4.74 Å². The van der Waals surface area contributed by atoms with Crippen LogP contribution in [0.15, 0.2) is 24.3 Å². The summed E-state index contributed by atoms with van der Waals surface area (Å²) in [5, 5.41) is 9.05. The van der Waals surface area contributed by atoms with Crippen LogP contribution in [0.5, 0.6) is 5.75 Å². The van der Waals surface area contributed by atoms with Gasteiger partial charge in [0.2, 0.25) is 0 Å². The van der Waals surface area contributed by atoms with Crippen molar-refractivity contribution in [3.05, 3.63) is 29.8 Å². The molecule has 1 aromatic rings. The molecule has 0 aromatic heterocycles. The molecular weight excluding hydrogens is 194 g/mol. The van der Waals surface area contributed by atoms with Crippen LogP contribution in [0, 0.1) is 0 Å². The van der Waals surface area contributed by atoms with Crippen LogP contribution in [-0.2, 0) is 4.79 Å². The van der Waals surface area contributed by atoms with E-state index in [1.807, 2.05) is 0 Å². The number of likely N-dealkylation sites (N-methyl/N-ethyl adjacent to an activating group) is 1. The highest BCUT2D eigenvalue weighted by molar-refractivity contribution is 5.75. The molecule has 4 nitrogen and oxygen atoms in total. The van der Waals surface area contributed by atoms with Crippen LogP contribution in [0.3, 0.4) is 0 Å². The number of carboxylic acids is 1. The van der Waals surface area contributed by atoms with Crippen LogP contribution in [0.1, 0.15) is 11.6 Å². The van der Waals surface area contributed by atoms with Crippen molar-refractivity contribution >= 4 is 5.97 Å². The smallest absolute Gasteiger partial charge is 0.325 e. The molecule has 0 fully saturated rings. The summed E-state index contributed by atoms with van der Waals surface area (Å²) in [6, 6.07) is 6.43. The fourth-order valence-corrected chi connectivity index (χ4v) is 1.45. The first-order valence-corrected chi connectivity index (χ1v) is 4.59. The van der Waals surface area contributed by atoms with Crippen LogP contribution in [0.25, 0.3) is 0 Å². The summed E-state index contributed by atoms with van der Waals surface area (Å²) < 4.78 is 5.01. The Morgan fingerprint density at radius 2 is 1.87 bits per heavy atom. The Balaban J connectivity index is 2.97. The molecule has 0 radical (unpaired) electrons. The average Bonchev–Trinajstić information content (AvgIpc) is 2.18. The molecule has 0 heterocycles. The predicted octanol–water partition coefficient (Wildman–Crippen LogP) is 1.38. The first-order valence-electron chi connectivity index (χ1n) is 4.59. The highest BCUT2D eigenvalue weighted by Gasteiger charge is 2.21. The summed E-state index contributed by atoms with van der Waals surface area (Å²) >= 11 is 0. The van der Waals surface area contributed by atoms with Crippen molar-refractivity contribution in [3.8, 4) is 5.75 Å². The van der Waals surface area contributed by atoms with Crippen LogP contribution in [0.2, 0.25) is 0 Å². The van der Waals surface area contributed by atoms with E-state index in [-0.39, 0.29) is 0 Å². The number of benzene rings is 1. The third-order valence-electron chi connectivity index (χ3n) is 2.18. The van der Waals surface area contributed by atoms with Gasteiger partial charge in [-0.15, -0.1) is 0 Å². The number of hydrogen-bond acceptors (Lipinski definition) is 3. The number of rotatable bonds is 4. The number of nitrogens with zero attached hydrogens (tertiary/aromatic N) is 1. The Kier molecular flexibility index (Phi) is 3.68. The standard InChI is InChI=1S/C11H15NO3/c1-12(2)10(11(13)14)8-4-6-9(15-3)7-5-8/h4-7,10H,1-3H3,(H,13,14)/t10-/m1/s1. The van der Waals surface area contributed by atoms with Gasteiger partial charge in [-0.25, -0.2) is 0 Å². The Labute approximate surface area is 89.1 Å². The molecule has 0 aliphatic heterocycles. The molecule has 0 bridgehead atoms. The Hall–Kier alpha value is -1.55. The Bertz CT molecular complexity index is 332. The van der Waals surface area contributed by atoms with E-state index in [9.17, 15) is 4.79 Å². The van der Waals surface area contributed by atoms with E-state index in [1.165, 1.54) is 0 Å². The molecule has 1 aromatic carbocycles. The van der Waals surface area contributed by atoms with Gasteiger partial charge in [0.1, 0.15) is 11.8 Å². The number of ether oxygens (including phenoxy) is 1. The van der Waals surface area contributed by atoms with Crippen LogP contribution >= 0.6 is 0 Å². The highest BCUT2D eigenvalue weighted by Crippen LogP contribution is 2.21. The molecular formula is C11H15NO3. The lowest BCUT2D eigenvalue weighted by atomic mass is 10.1. The number of methoxy groups -OCH3 is 1. The van der Waals surface area contributed by atoms with Gasteiger partial charge in [-0.05, 0) is 31.8 Å². The lowest BCUT2D eigenvalue weighted by molar-refractivity contribution is -0.142. The van der Waals surface area contributed by atoms with Gasteiger partial charge in [0.25, 0.3) is 0 Å². The molecule has 82 valence electrons. The van der Waals surface area contributed by atoms with Crippen molar-refractivity contribution in [2.75, 3.05) is 21.2 Å². The van der Waals surface area contributed by atoms with Gasteiger partial charge in [-0.3, -0.25) is 9.69 Å². The van der Waals surface area contributed by atoms with E-state index in [2.05, 4.69) is 0 Å². The second kappa shape index (κ2) is 4.79. The topological polar surface area (TPSA) is 49.8 Å². The maximum Gasteiger partial charge on any atom is 0.325 e. The molecule has 1 rings (SSSR count). The summed E-state index contributed by atoms with van der Waals surface area (Å²) in [6.07, 6.45) is 0. The first-order chi connectivity index (χ1) is 7.06. The third kappa shape index (κ3) is 2.70. The molecule has 0 aliphatic carbocycles. The monoisotopic (exact) mass is 209 g/mol. The van der Waals surface area contributed by atoms with Crippen molar-refractivity contribution in [1.82, 2.24) is 4.90 Å². The SMILES string of the molecule is COc1ccc([C@H](C(=O)O)N(C)C)cc1. The highest BCUT2D eigenvalue weighted by atomic mass is 16.5. The summed E-state index contributed by atoms with van der Waals surface area (Å²) in [4.78, 5) is 12.7. The molecule has 4 heteroatoms. The van der Waals surface area contributed by atoms with E-state index in [0.29, 0.717) is 0 Å². The van der Waals surface area contributed by atoms with E-state index < -0.39 is 12.0 Å². The van der Waals surface area contributed by atoms with Crippen molar-refractivity contribution < 1.29 is 14.6 Å². The molecule has 0 saturated heterocycles. The number of carbonyl (C=O) groups is 1. The van der Waals surface area contributed by atoms with Gasteiger partial charge in [0.15, 0.2) is 0 Å². The molecule has 0 aliphatic rings. The molecule has 15 heavy (non-hydrogen) atoms. The fourth-order valence-electron chi connectivity index (χ4n) is 1.45. The van der Waals surface area contributed by atoms with Crippen molar-refractivity contribution in [2.45, 2.75) is 6.04 Å². The van der Waals surface area contributed by atoms with Gasteiger partial charge in [0.05, 0.1) is 7.11 Å². The maximum atomic E-state index is 11.0. The quantitative estimate of drug-likeness (QED) is 0.814. The molecule has 0 spiro atoms. The van der Waals surface area contributed by atoms with E-state index in [0.717, 1.165) is 11.3 Å². The number of aliphatic carboxylic acids is 1. The maximum absolute atomic E-state index is 11.0. The van der Waals surface area contributed by atoms with Gasteiger partial charge in [-0.2, -0.15) is 0 Å². The summed E-state index contributed by atoms with van der Waals surface area (Å²) in [5.41, 5.74) is 0.744. The number of hydrogen-bond donors (Lipinski definition) is 1. The predicted molar refractivity (Wildman–Crippen MR) is 57.1 cm³/mol. The molecule has 1 N–H and O–H groups in total. The Morgan fingerprint density at radius 3 is 2.20 bits per heavy atom. The minimum atomic E-state index is -0.856. The van der Waals surface area contributed by atoms with Gasteiger partial charge in [0, 0.05) is 0 Å². The average molecular weight is 209 g/mol. The lowest BCUT2D eigenvalue weighted by Gasteiger charge is -2.20. The van der Waals surface area contributed by atoms with E-state index >= 15 is 0 Å². The molecule has 0 amide bonds. The second-order valence-corrected chi connectivity index (χ2v) is 3.48. The molecule has 0 unspecified atom stereocenters. The molecule has 1 atom stereocenters. The van der Waals surface area contributed by atoms with E-state index in [1.54, 1.807) is 50.4 Å². The van der Waals surface area contributed by atoms with Crippen molar-refractivity contribution in [3.63, 3.8) is 0 Å². The summed E-state index contributed by atoms with van der Waals surface area (Å²) in [5.74, 6) is -0.133. The van der Waals surface area contributed by atoms with Crippen LogP contribution in [0.4, 0.5) is 0 Å². The largest absolute Gasteiger partial charge is 0.497 e. The second-order valence-electron chi connectivity index (χ2n) is 3.48. The zero-order valence-electron chi connectivity index (χ0n) is 9.10. The zero-order chi connectivity index (χ0) is 11.4. The minimum absolute atomic E-state index is 0.615. The zero-order valence-corrected chi connectivity index (χ0v) is 9.10. The van der Waals surface area contributed by atoms with Crippen LogP contribution in [-0.4, -0.2) is 37.2 Å². The van der Waals surface area contributed by atoms with Crippen molar-refractivity contribution in [2.24, 2.45) is 0 Å². The minimum Gasteiger partial charge on any atom is -0.497 e. The third-order valence-corrected chi connectivity index (χ3v) is 2.18. The van der Waals surface area contributed by atoms with E-state index in [4.69, 9.17) is 9.84 Å². The normalized spacial score (nSPS) is 12.5. The summed E-state index contributed by atoms with van der Waals surface area (Å²) in [7, 11) is 5.06. The number of carboxylic acid groups (broad SMARTS) is 1. The lowest BCUT2D eigenvalue weighted by Crippen LogP contribution is -2.27. The van der Waals surface area contributed by atoms with Gasteiger partial charge >= 0.3 is 5.97 Å². The molecule has 0 saturated carbocycles.